The van der Waals surface area contributed by atoms with Crippen LogP contribution in [0.25, 0.3) is 0 Å². The molecule has 0 N–H and O–H groups in total. The molecule has 1 fully saturated rings. The van der Waals surface area contributed by atoms with E-state index in [2.05, 4.69) is 0 Å². The molecule has 1 rings (SSSR count). The SMILES string of the molecule is CCOC(=O)C1CC(=O)CC1P(=O)(OCC)OCC. The second-order valence-electron chi connectivity index (χ2n) is 4.25. The minimum Gasteiger partial charge on any atom is -0.466 e. The van der Waals surface area contributed by atoms with Gasteiger partial charge in [-0.2, -0.15) is 0 Å². The first-order chi connectivity index (χ1) is 8.98. The average Bonchev–Trinajstić information content (AvgIpc) is 2.73. The van der Waals surface area contributed by atoms with Crippen molar-refractivity contribution in [2.45, 2.75) is 39.3 Å². The van der Waals surface area contributed by atoms with Crippen LogP contribution in [0.4, 0.5) is 0 Å². The van der Waals surface area contributed by atoms with Crippen LogP contribution in [-0.4, -0.2) is 37.2 Å². The lowest BCUT2D eigenvalue weighted by atomic mass is 10.1. The van der Waals surface area contributed by atoms with Gasteiger partial charge in [0.15, 0.2) is 0 Å². The van der Waals surface area contributed by atoms with Crippen LogP contribution >= 0.6 is 7.60 Å². The Hall–Kier alpha value is -0.710. The van der Waals surface area contributed by atoms with Crippen LogP contribution in [-0.2, 0) is 27.9 Å². The van der Waals surface area contributed by atoms with Crippen molar-refractivity contribution in [2.24, 2.45) is 5.92 Å². The Kier molecular flexibility index (Phi) is 6.17. The van der Waals surface area contributed by atoms with Gasteiger partial charge in [-0.3, -0.25) is 14.2 Å². The molecule has 1 aliphatic carbocycles. The fourth-order valence-corrected chi connectivity index (χ4v) is 4.52. The van der Waals surface area contributed by atoms with Gasteiger partial charge in [0.25, 0.3) is 0 Å². The number of ether oxygens (including phenoxy) is 1. The minimum absolute atomic E-state index is 0.0424. The highest BCUT2D eigenvalue weighted by atomic mass is 31.2. The zero-order chi connectivity index (χ0) is 14.5. The topological polar surface area (TPSA) is 78.9 Å². The van der Waals surface area contributed by atoms with Gasteiger partial charge in [0.2, 0.25) is 0 Å². The van der Waals surface area contributed by atoms with Gasteiger partial charge in [0.05, 0.1) is 31.4 Å². The lowest BCUT2D eigenvalue weighted by molar-refractivity contribution is -0.148. The van der Waals surface area contributed by atoms with E-state index in [-0.39, 0.29) is 38.4 Å². The van der Waals surface area contributed by atoms with Crippen molar-refractivity contribution in [1.29, 1.82) is 0 Å². The Balaban J connectivity index is 2.95. The molecule has 0 amide bonds. The number of carbonyl (C=O) groups excluding carboxylic acids is 2. The Morgan fingerprint density at radius 2 is 1.74 bits per heavy atom. The first kappa shape index (κ1) is 16.3. The molecular formula is C12H21O6P. The van der Waals surface area contributed by atoms with Gasteiger partial charge < -0.3 is 13.8 Å². The summed E-state index contributed by atoms with van der Waals surface area (Å²) in [5.41, 5.74) is -0.723. The van der Waals surface area contributed by atoms with Gasteiger partial charge in [-0.25, -0.2) is 0 Å². The molecule has 0 aromatic rings. The Bertz CT molecular complexity index is 370. The molecule has 0 spiro atoms. The van der Waals surface area contributed by atoms with Crippen LogP contribution in [0.3, 0.4) is 0 Å². The Labute approximate surface area is 113 Å². The third-order valence-electron chi connectivity index (χ3n) is 2.96. The summed E-state index contributed by atoms with van der Waals surface area (Å²) in [5, 5.41) is 0. The van der Waals surface area contributed by atoms with E-state index < -0.39 is 25.1 Å². The first-order valence-corrected chi connectivity index (χ1v) is 8.16. The predicted molar refractivity (Wildman–Crippen MR) is 69.0 cm³/mol. The molecule has 0 aromatic heterocycles. The predicted octanol–water partition coefficient (Wildman–Crippen LogP) is 2.16. The fourth-order valence-electron chi connectivity index (χ4n) is 2.25. The van der Waals surface area contributed by atoms with E-state index in [0.29, 0.717) is 0 Å². The van der Waals surface area contributed by atoms with Crippen molar-refractivity contribution in [1.82, 2.24) is 0 Å². The molecule has 0 aliphatic heterocycles. The van der Waals surface area contributed by atoms with E-state index in [0.717, 1.165) is 0 Å². The summed E-state index contributed by atoms with van der Waals surface area (Å²) in [6, 6.07) is 0. The normalized spacial score (nSPS) is 23.6. The van der Waals surface area contributed by atoms with E-state index in [1.54, 1.807) is 20.8 Å². The minimum atomic E-state index is -3.46. The van der Waals surface area contributed by atoms with Crippen LogP contribution in [0.1, 0.15) is 33.6 Å². The molecule has 1 aliphatic rings. The Morgan fingerprint density at radius 3 is 2.21 bits per heavy atom. The molecule has 0 aromatic carbocycles. The highest BCUT2D eigenvalue weighted by molar-refractivity contribution is 7.54. The second-order valence-corrected chi connectivity index (χ2v) is 6.51. The number of hydrogen-bond donors (Lipinski definition) is 0. The van der Waals surface area contributed by atoms with Gasteiger partial charge >= 0.3 is 13.6 Å². The molecule has 0 saturated heterocycles. The van der Waals surface area contributed by atoms with Crippen LogP contribution in [0, 0.1) is 5.92 Å². The van der Waals surface area contributed by atoms with Crippen molar-refractivity contribution < 1.29 is 27.9 Å². The van der Waals surface area contributed by atoms with Crippen LogP contribution in [0.5, 0.6) is 0 Å². The number of carbonyl (C=O) groups is 2. The molecule has 7 heteroatoms. The summed E-state index contributed by atoms with van der Waals surface area (Å²) in [6.07, 6.45) is 0.0917. The van der Waals surface area contributed by atoms with Crippen molar-refractivity contribution in [3.05, 3.63) is 0 Å². The lowest BCUT2D eigenvalue weighted by Gasteiger charge is -2.25. The molecule has 19 heavy (non-hydrogen) atoms. The van der Waals surface area contributed by atoms with Gasteiger partial charge in [0, 0.05) is 12.8 Å². The fraction of sp³-hybridized carbons (Fsp3) is 0.833. The largest absolute Gasteiger partial charge is 0.466 e. The molecular weight excluding hydrogens is 271 g/mol. The summed E-state index contributed by atoms with van der Waals surface area (Å²) in [7, 11) is -3.46. The van der Waals surface area contributed by atoms with Crippen molar-refractivity contribution in [2.75, 3.05) is 19.8 Å². The van der Waals surface area contributed by atoms with E-state index in [1.165, 1.54) is 0 Å². The van der Waals surface area contributed by atoms with E-state index >= 15 is 0 Å². The zero-order valence-electron chi connectivity index (χ0n) is 11.6. The molecule has 2 atom stereocenters. The number of esters is 1. The van der Waals surface area contributed by atoms with Gasteiger partial charge in [-0.05, 0) is 20.8 Å². The van der Waals surface area contributed by atoms with Gasteiger partial charge in [-0.1, -0.05) is 0 Å². The quantitative estimate of drug-likeness (QED) is 0.528. The maximum absolute atomic E-state index is 12.7. The molecule has 110 valence electrons. The first-order valence-electron chi connectivity index (χ1n) is 6.55. The van der Waals surface area contributed by atoms with Crippen molar-refractivity contribution in [3.8, 4) is 0 Å². The molecule has 0 radical (unpaired) electrons. The van der Waals surface area contributed by atoms with Gasteiger partial charge in [0.1, 0.15) is 5.78 Å². The highest BCUT2D eigenvalue weighted by Crippen LogP contribution is 2.59. The smallest absolute Gasteiger partial charge is 0.335 e. The summed E-state index contributed by atoms with van der Waals surface area (Å²) in [6.45, 7) is 5.72. The number of ketones is 1. The van der Waals surface area contributed by atoms with Crippen molar-refractivity contribution in [3.63, 3.8) is 0 Å². The number of Topliss-reactive ketones (excluding diaryl/α,β-unsaturated/α-hetero) is 1. The van der Waals surface area contributed by atoms with Crippen LogP contribution in [0.15, 0.2) is 0 Å². The lowest BCUT2D eigenvalue weighted by Crippen LogP contribution is -2.27. The summed E-state index contributed by atoms with van der Waals surface area (Å²) < 4.78 is 28.1. The molecule has 2 unspecified atom stereocenters. The molecule has 1 saturated carbocycles. The summed E-state index contributed by atoms with van der Waals surface area (Å²) in [5.74, 6) is -1.34. The summed E-state index contributed by atoms with van der Waals surface area (Å²) in [4.78, 5) is 23.4. The van der Waals surface area contributed by atoms with Crippen LogP contribution in [0.2, 0.25) is 0 Å². The number of rotatable bonds is 7. The monoisotopic (exact) mass is 292 g/mol. The van der Waals surface area contributed by atoms with E-state index in [4.69, 9.17) is 13.8 Å². The maximum Gasteiger partial charge on any atom is 0.335 e. The maximum atomic E-state index is 12.7. The Morgan fingerprint density at radius 1 is 1.16 bits per heavy atom. The second kappa shape index (κ2) is 7.17. The molecule has 6 nitrogen and oxygen atoms in total. The van der Waals surface area contributed by atoms with E-state index in [1.807, 2.05) is 0 Å². The standard InChI is InChI=1S/C12H21O6P/c1-4-16-12(14)10-7-9(13)8-11(10)19(15,17-5-2)18-6-3/h10-11H,4-8H2,1-3H3. The third-order valence-corrected chi connectivity index (χ3v) is 5.55. The van der Waals surface area contributed by atoms with Crippen molar-refractivity contribution >= 4 is 19.3 Å². The zero-order valence-corrected chi connectivity index (χ0v) is 12.5. The molecule has 0 heterocycles. The van der Waals surface area contributed by atoms with E-state index in [9.17, 15) is 14.2 Å². The van der Waals surface area contributed by atoms with Crippen LogP contribution < -0.4 is 0 Å². The summed E-state index contributed by atoms with van der Waals surface area (Å²) >= 11 is 0. The molecule has 0 bridgehead atoms. The number of hydrogen-bond acceptors (Lipinski definition) is 6. The highest BCUT2D eigenvalue weighted by Gasteiger charge is 2.50. The average molecular weight is 292 g/mol. The van der Waals surface area contributed by atoms with Gasteiger partial charge in [-0.15, -0.1) is 0 Å². The third kappa shape index (κ3) is 3.88.